The van der Waals surface area contributed by atoms with E-state index in [1.165, 1.54) is 5.54 Å². The molecule has 0 amide bonds. The minimum atomic E-state index is 0.704. The Hall–Kier alpha value is -1.08. The lowest BCUT2D eigenvalue weighted by atomic mass is 10.1. The van der Waals surface area contributed by atoms with E-state index in [2.05, 4.69) is 0 Å². The van der Waals surface area contributed by atoms with Crippen LogP contribution in [0, 0.1) is 0 Å². The van der Waals surface area contributed by atoms with Crippen molar-refractivity contribution in [3.8, 4) is 0 Å². The van der Waals surface area contributed by atoms with Crippen molar-refractivity contribution in [1.82, 2.24) is 0 Å². The molecule has 1 nitrogen and oxygen atoms in total. The van der Waals surface area contributed by atoms with Gasteiger partial charge in [-0.25, -0.2) is 0 Å². The summed E-state index contributed by atoms with van der Waals surface area (Å²) >= 11 is 5.37. The van der Waals surface area contributed by atoms with Crippen molar-refractivity contribution in [2.75, 3.05) is 0 Å². The molecule has 1 rings (SSSR count). The molecule has 0 bridgehead atoms. The van der Waals surface area contributed by atoms with Gasteiger partial charge in [-0.05, 0) is 18.1 Å². The summed E-state index contributed by atoms with van der Waals surface area (Å²) < 4.78 is 0. The fourth-order valence-corrected chi connectivity index (χ4v) is 1.06. The highest BCUT2D eigenvalue weighted by molar-refractivity contribution is 6.25. The number of hydrogen-bond acceptors (Lipinski definition) is 1. The van der Waals surface area contributed by atoms with E-state index in [4.69, 9.17) is 11.6 Å². The molecule has 0 aromatic heterocycles. The van der Waals surface area contributed by atoms with Crippen molar-refractivity contribution in [2.24, 2.45) is 0 Å². The Labute approximate surface area is 76.7 Å². The molecule has 0 fully saturated rings. The molecule has 0 aliphatic carbocycles. The van der Waals surface area contributed by atoms with Gasteiger partial charge < -0.3 is 0 Å². The first-order chi connectivity index (χ1) is 5.86. The van der Waals surface area contributed by atoms with Gasteiger partial charge >= 0.3 is 0 Å². The van der Waals surface area contributed by atoms with Gasteiger partial charge in [0.25, 0.3) is 0 Å². The minimum absolute atomic E-state index is 0.704. The SMILES string of the molecule is O=Cc1cccc(C/C=C\Cl)c1. The molecular formula is C10H9ClO. The highest BCUT2D eigenvalue weighted by Crippen LogP contribution is 2.04. The first kappa shape index (κ1) is 9.01. The summed E-state index contributed by atoms with van der Waals surface area (Å²) in [6, 6.07) is 7.45. The Kier molecular flexibility index (Phi) is 3.55. The van der Waals surface area contributed by atoms with Crippen molar-refractivity contribution >= 4 is 17.9 Å². The molecule has 0 aliphatic rings. The fraction of sp³-hybridized carbons (Fsp3) is 0.100. The van der Waals surface area contributed by atoms with Gasteiger partial charge in [-0.2, -0.15) is 0 Å². The molecule has 0 radical (unpaired) electrons. The van der Waals surface area contributed by atoms with Crippen molar-refractivity contribution in [1.29, 1.82) is 0 Å². The van der Waals surface area contributed by atoms with E-state index in [-0.39, 0.29) is 0 Å². The van der Waals surface area contributed by atoms with Crippen molar-refractivity contribution in [3.63, 3.8) is 0 Å². The smallest absolute Gasteiger partial charge is 0.150 e. The number of aldehydes is 1. The number of benzene rings is 1. The van der Waals surface area contributed by atoms with Gasteiger partial charge in [0.1, 0.15) is 6.29 Å². The zero-order valence-corrected chi connectivity index (χ0v) is 7.29. The lowest BCUT2D eigenvalue weighted by Gasteiger charge is -1.95. The Bertz CT molecular complexity index is 292. The Morgan fingerprint density at radius 3 is 2.92 bits per heavy atom. The standard InChI is InChI=1S/C10H9ClO/c11-6-2-5-9-3-1-4-10(7-9)8-12/h1-4,6-8H,5H2/b6-2-. The van der Waals surface area contributed by atoms with Crippen LogP contribution >= 0.6 is 11.6 Å². The van der Waals surface area contributed by atoms with Crippen LogP contribution in [0.3, 0.4) is 0 Å². The monoisotopic (exact) mass is 180 g/mol. The highest BCUT2D eigenvalue weighted by Gasteiger charge is 1.91. The molecule has 12 heavy (non-hydrogen) atoms. The molecule has 1 aromatic carbocycles. The van der Waals surface area contributed by atoms with Gasteiger partial charge in [-0.3, -0.25) is 4.79 Å². The number of carbonyl (C=O) groups excluding carboxylic acids is 1. The van der Waals surface area contributed by atoms with Crippen LogP contribution in [-0.2, 0) is 6.42 Å². The number of carbonyl (C=O) groups is 1. The average Bonchev–Trinajstić information content (AvgIpc) is 2.15. The molecule has 0 saturated carbocycles. The second-order valence-electron chi connectivity index (χ2n) is 2.43. The van der Waals surface area contributed by atoms with E-state index in [0.29, 0.717) is 5.56 Å². The van der Waals surface area contributed by atoms with E-state index in [9.17, 15) is 4.79 Å². The van der Waals surface area contributed by atoms with Gasteiger partial charge in [-0.1, -0.05) is 35.9 Å². The van der Waals surface area contributed by atoms with E-state index >= 15 is 0 Å². The van der Waals surface area contributed by atoms with E-state index < -0.39 is 0 Å². The molecule has 0 atom stereocenters. The normalized spacial score (nSPS) is 10.4. The largest absolute Gasteiger partial charge is 0.298 e. The molecule has 0 saturated heterocycles. The van der Waals surface area contributed by atoms with E-state index in [1.54, 1.807) is 6.07 Å². The van der Waals surface area contributed by atoms with Gasteiger partial charge in [0.2, 0.25) is 0 Å². The molecule has 0 spiro atoms. The second-order valence-corrected chi connectivity index (χ2v) is 2.68. The summed E-state index contributed by atoms with van der Waals surface area (Å²) in [6.45, 7) is 0. The Morgan fingerprint density at radius 1 is 1.42 bits per heavy atom. The zero-order chi connectivity index (χ0) is 8.81. The first-order valence-corrected chi connectivity index (χ1v) is 4.10. The molecular weight excluding hydrogens is 172 g/mol. The fourth-order valence-electron chi connectivity index (χ4n) is 0.974. The summed E-state index contributed by atoms with van der Waals surface area (Å²) in [6.07, 6.45) is 3.45. The maximum Gasteiger partial charge on any atom is 0.150 e. The lowest BCUT2D eigenvalue weighted by molar-refractivity contribution is 0.112. The van der Waals surface area contributed by atoms with Crippen LogP contribution in [0.5, 0.6) is 0 Å². The van der Waals surface area contributed by atoms with Crippen LogP contribution in [0.25, 0.3) is 0 Å². The molecule has 1 aromatic rings. The average molecular weight is 181 g/mol. The number of rotatable bonds is 3. The molecule has 0 unspecified atom stereocenters. The van der Waals surface area contributed by atoms with Gasteiger partial charge in [-0.15, -0.1) is 0 Å². The van der Waals surface area contributed by atoms with Crippen LogP contribution in [0.1, 0.15) is 15.9 Å². The summed E-state index contributed by atoms with van der Waals surface area (Å²) in [7, 11) is 0. The summed E-state index contributed by atoms with van der Waals surface area (Å²) in [5.74, 6) is 0. The number of halogens is 1. The predicted molar refractivity (Wildman–Crippen MR) is 50.5 cm³/mol. The van der Waals surface area contributed by atoms with Crippen LogP contribution in [0.2, 0.25) is 0 Å². The molecule has 2 heteroatoms. The third kappa shape index (κ3) is 2.51. The maximum absolute atomic E-state index is 10.4. The Morgan fingerprint density at radius 2 is 2.25 bits per heavy atom. The second kappa shape index (κ2) is 4.73. The van der Waals surface area contributed by atoms with Crippen molar-refractivity contribution in [2.45, 2.75) is 6.42 Å². The first-order valence-electron chi connectivity index (χ1n) is 3.66. The molecule has 0 aliphatic heterocycles. The summed E-state index contributed by atoms with van der Waals surface area (Å²) in [5.41, 5.74) is 3.28. The number of hydrogen-bond donors (Lipinski definition) is 0. The summed E-state index contributed by atoms with van der Waals surface area (Å²) in [4.78, 5) is 10.4. The minimum Gasteiger partial charge on any atom is -0.298 e. The van der Waals surface area contributed by atoms with Gasteiger partial charge in [0, 0.05) is 11.1 Å². The molecule has 0 heterocycles. The van der Waals surface area contributed by atoms with Gasteiger partial charge in [0.15, 0.2) is 0 Å². The molecule has 0 N–H and O–H groups in total. The topological polar surface area (TPSA) is 17.1 Å². The highest BCUT2D eigenvalue weighted by atomic mass is 35.5. The predicted octanol–water partition coefficient (Wildman–Crippen LogP) is 2.79. The molecule has 62 valence electrons. The van der Waals surface area contributed by atoms with Crippen molar-refractivity contribution in [3.05, 3.63) is 47.0 Å². The zero-order valence-electron chi connectivity index (χ0n) is 6.53. The third-order valence-electron chi connectivity index (χ3n) is 1.53. The Balaban J connectivity index is 2.79. The van der Waals surface area contributed by atoms with Crippen LogP contribution < -0.4 is 0 Å². The van der Waals surface area contributed by atoms with Crippen LogP contribution in [0.4, 0.5) is 0 Å². The maximum atomic E-state index is 10.4. The van der Waals surface area contributed by atoms with Gasteiger partial charge in [0.05, 0.1) is 0 Å². The quantitative estimate of drug-likeness (QED) is 0.654. The summed E-state index contributed by atoms with van der Waals surface area (Å²) in [5, 5.41) is 0. The van der Waals surface area contributed by atoms with Crippen LogP contribution in [-0.4, -0.2) is 6.29 Å². The lowest BCUT2D eigenvalue weighted by Crippen LogP contribution is -1.84. The number of allylic oxidation sites excluding steroid dienone is 1. The van der Waals surface area contributed by atoms with E-state index in [1.807, 2.05) is 24.3 Å². The van der Waals surface area contributed by atoms with E-state index in [0.717, 1.165) is 18.3 Å². The third-order valence-corrected chi connectivity index (χ3v) is 1.71. The van der Waals surface area contributed by atoms with Crippen LogP contribution in [0.15, 0.2) is 35.9 Å². The van der Waals surface area contributed by atoms with Crippen molar-refractivity contribution < 1.29 is 4.79 Å².